The summed E-state index contributed by atoms with van der Waals surface area (Å²) in [4.78, 5) is 0. The van der Waals surface area contributed by atoms with Crippen LogP contribution in [0.3, 0.4) is 0 Å². The first-order chi connectivity index (χ1) is 10.2. The first-order valence-corrected chi connectivity index (χ1v) is 8.97. The highest BCUT2D eigenvalue weighted by Crippen LogP contribution is 2.43. The van der Waals surface area contributed by atoms with Crippen LogP contribution in [-0.4, -0.2) is 30.6 Å². The van der Waals surface area contributed by atoms with Gasteiger partial charge in [-0.15, -0.1) is 0 Å². The van der Waals surface area contributed by atoms with Crippen LogP contribution in [0.4, 0.5) is 0 Å². The maximum Gasteiger partial charge on any atom is 0.143 e. The SMILES string of the molecule is N=C(N)C1(C2CCCCC2)OCCNC1C1CCCCC1. The lowest BCUT2D eigenvalue weighted by Crippen LogP contribution is -2.70. The maximum atomic E-state index is 8.33. The zero-order valence-electron chi connectivity index (χ0n) is 13.2. The lowest BCUT2D eigenvalue weighted by molar-refractivity contribution is -0.110. The second-order valence-corrected chi connectivity index (χ2v) is 7.22. The number of amidine groups is 1. The third-order valence-corrected chi connectivity index (χ3v) is 6.02. The molecule has 120 valence electrons. The fraction of sp³-hybridized carbons (Fsp3) is 0.941. The van der Waals surface area contributed by atoms with Crippen molar-refractivity contribution in [1.82, 2.24) is 5.32 Å². The van der Waals surface area contributed by atoms with Crippen molar-refractivity contribution in [2.24, 2.45) is 17.6 Å². The highest BCUT2D eigenvalue weighted by molar-refractivity contribution is 5.87. The van der Waals surface area contributed by atoms with Gasteiger partial charge in [-0.1, -0.05) is 38.5 Å². The molecule has 2 unspecified atom stereocenters. The minimum absolute atomic E-state index is 0.257. The number of nitrogens with two attached hydrogens (primary N) is 1. The minimum Gasteiger partial charge on any atom is -0.385 e. The normalized spacial score (nSPS) is 36.5. The van der Waals surface area contributed by atoms with E-state index in [1.165, 1.54) is 64.2 Å². The molecular weight excluding hydrogens is 262 g/mol. The van der Waals surface area contributed by atoms with Gasteiger partial charge < -0.3 is 15.8 Å². The van der Waals surface area contributed by atoms with Gasteiger partial charge in [0.2, 0.25) is 0 Å². The number of hydrogen-bond acceptors (Lipinski definition) is 3. The van der Waals surface area contributed by atoms with Gasteiger partial charge >= 0.3 is 0 Å². The number of ether oxygens (including phenoxy) is 1. The van der Waals surface area contributed by atoms with E-state index < -0.39 is 5.60 Å². The fourth-order valence-electron chi connectivity index (χ4n) is 5.03. The van der Waals surface area contributed by atoms with E-state index >= 15 is 0 Å². The molecule has 1 aliphatic heterocycles. The average molecular weight is 293 g/mol. The summed E-state index contributed by atoms with van der Waals surface area (Å²) in [6.07, 6.45) is 12.7. The molecule has 2 atom stereocenters. The first kappa shape index (κ1) is 15.3. The Morgan fingerprint density at radius 2 is 1.62 bits per heavy atom. The zero-order chi connectivity index (χ0) is 14.7. The van der Waals surface area contributed by atoms with E-state index in [0.29, 0.717) is 18.4 Å². The molecule has 0 aromatic rings. The fourth-order valence-corrected chi connectivity index (χ4v) is 5.03. The molecule has 2 saturated carbocycles. The summed E-state index contributed by atoms with van der Waals surface area (Å²) >= 11 is 0. The lowest BCUT2D eigenvalue weighted by Gasteiger charge is -2.52. The number of rotatable bonds is 3. The Bertz CT molecular complexity index is 361. The summed E-state index contributed by atoms with van der Waals surface area (Å²) in [5.74, 6) is 1.34. The molecule has 0 spiro atoms. The molecule has 1 heterocycles. The summed E-state index contributed by atoms with van der Waals surface area (Å²) in [5.41, 5.74) is 5.62. The summed E-state index contributed by atoms with van der Waals surface area (Å²) < 4.78 is 6.32. The van der Waals surface area contributed by atoms with Crippen LogP contribution in [0.25, 0.3) is 0 Å². The minimum atomic E-state index is -0.527. The molecule has 21 heavy (non-hydrogen) atoms. The first-order valence-electron chi connectivity index (χ1n) is 8.97. The summed E-state index contributed by atoms with van der Waals surface area (Å²) in [6.45, 7) is 1.60. The van der Waals surface area contributed by atoms with Crippen LogP contribution in [0.15, 0.2) is 0 Å². The van der Waals surface area contributed by atoms with E-state index in [9.17, 15) is 0 Å². The average Bonchev–Trinajstić information content (AvgIpc) is 2.56. The van der Waals surface area contributed by atoms with Crippen molar-refractivity contribution < 1.29 is 4.74 Å². The quantitative estimate of drug-likeness (QED) is 0.553. The van der Waals surface area contributed by atoms with Crippen LogP contribution in [0.1, 0.15) is 64.2 Å². The second kappa shape index (κ2) is 6.66. The topological polar surface area (TPSA) is 71.1 Å². The van der Waals surface area contributed by atoms with Gasteiger partial charge in [-0.3, -0.25) is 5.41 Å². The Labute approximate surface area is 128 Å². The monoisotopic (exact) mass is 293 g/mol. The van der Waals surface area contributed by atoms with Crippen LogP contribution in [0.2, 0.25) is 0 Å². The Morgan fingerprint density at radius 3 is 2.24 bits per heavy atom. The van der Waals surface area contributed by atoms with E-state index in [4.69, 9.17) is 15.9 Å². The van der Waals surface area contributed by atoms with E-state index in [1.54, 1.807) is 0 Å². The summed E-state index contributed by atoms with van der Waals surface area (Å²) in [5, 5.41) is 12.0. The van der Waals surface area contributed by atoms with Crippen LogP contribution >= 0.6 is 0 Å². The van der Waals surface area contributed by atoms with Gasteiger partial charge in [0, 0.05) is 12.6 Å². The largest absolute Gasteiger partial charge is 0.385 e. The molecule has 4 nitrogen and oxygen atoms in total. The Balaban J connectivity index is 1.87. The smallest absolute Gasteiger partial charge is 0.143 e. The second-order valence-electron chi connectivity index (χ2n) is 7.22. The zero-order valence-corrected chi connectivity index (χ0v) is 13.2. The predicted octanol–water partition coefficient (Wildman–Crippen LogP) is 2.81. The standard InChI is InChI=1S/C17H31N3O/c18-16(19)17(14-9-5-2-6-10-14)15(20-11-12-21-17)13-7-3-1-4-8-13/h13-15,20H,1-12H2,(H3,18,19). The lowest BCUT2D eigenvalue weighted by atomic mass is 9.66. The van der Waals surface area contributed by atoms with Crippen molar-refractivity contribution in [2.75, 3.05) is 13.2 Å². The number of nitrogens with one attached hydrogen (secondary N) is 2. The van der Waals surface area contributed by atoms with Crippen LogP contribution in [0.5, 0.6) is 0 Å². The van der Waals surface area contributed by atoms with Gasteiger partial charge in [-0.2, -0.15) is 0 Å². The van der Waals surface area contributed by atoms with Crippen LogP contribution in [0, 0.1) is 17.2 Å². The maximum absolute atomic E-state index is 8.33. The van der Waals surface area contributed by atoms with Gasteiger partial charge in [-0.05, 0) is 37.5 Å². The van der Waals surface area contributed by atoms with E-state index in [0.717, 1.165) is 6.54 Å². The van der Waals surface area contributed by atoms with Crippen LogP contribution < -0.4 is 11.1 Å². The van der Waals surface area contributed by atoms with E-state index in [2.05, 4.69) is 5.32 Å². The van der Waals surface area contributed by atoms with Crippen molar-refractivity contribution in [1.29, 1.82) is 5.41 Å². The van der Waals surface area contributed by atoms with Gasteiger partial charge in [0.05, 0.1) is 6.61 Å². The molecule has 0 aromatic carbocycles. The summed E-state index contributed by atoms with van der Waals surface area (Å²) in [6, 6.07) is 0.257. The van der Waals surface area contributed by atoms with Gasteiger partial charge in [0.1, 0.15) is 11.4 Å². The molecule has 1 saturated heterocycles. The van der Waals surface area contributed by atoms with Crippen LogP contribution in [-0.2, 0) is 4.74 Å². The van der Waals surface area contributed by atoms with Crippen molar-refractivity contribution >= 4 is 5.84 Å². The number of hydrogen-bond donors (Lipinski definition) is 3. The molecule has 3 aliphatic rings. The molecular formula is C17H31N3O. The van der Waals surface area contributed by atoms with Crippen molar-refractivity contribution in [3.63, 3.8) is 0 Å². The third kappa shape index (κ3) is 2.85. The Kier molecular flexibility index (Phi) is 4.85. The molecule has 3 fully saturated rings. The highest BCUT2D eigenvalue weighted by Gasteiger charge is 2.53. The molecule has 3 rings (SSSR count). The van der Waals surface area contributed by atoms with Gasteiger partial charge in [0.15, 0.2) is 0 Å². The molecule has 0 aromatic heterocycles. The Hall–Kier alpha value is -0.610. The highest BCUT2D eigenvalue weighted by atomic mass is 16.5. The molecule has 0 radical (unpaired) electrons. The van der Waals surface area contributed by atoms with Gasteiger partial charge in [-0.25, -0.2) is 0 Å². The van der Waals surface area contributed by atoms with Crippen molar-refractivity contribution in [2.45, 2.75) is 75.9 Å². The number of morpholine rings is 1. The summed E-state index contributed by atoms with van der Waals surface area (Å²) in [7, 11) is 0. The molecule has 2 aliphatic carbocycles. The van der Waals surface area contributed by atoms with E-state index in [1.807, 2.05) is 0 Å². The molecule has 0 amide bonds. The molecule has 0 bridgehead atoms. The molecule has 4 N–H and O–H groups in total. The predicted molar refractivity (Wildman–Crippen MR) is 85.5 cm³/mol. The Morgan fingerprint density at radius 1 is 1.00 bits per heavy atom. The van der Waals surface area contributed by atoms with Crippen molar-refractivity contribution in [3.05, 3.63) is 0 Å². The van der Waals surface area contributed by atoms with Gasteiger partial charge in [0.25, 0.3) is 0 Å². The van der Waals surface area contributed by atoms with E-state index in [-0.39, 0.29) is 11.9 Å². The third-order valence-electron chi connectivity index (χ3n) is 6.02. The van der Waals surface area contributed by atoms with Crippen molar-refractivity contribution in [3.8, 4) is 0 Å². The molecule has 4 heteroatoms.